The van der Waals surface area contributed by atoms with Gasteiger partial charge in [-0.1, -0.05) is 99.7 Å². The Morgan fingerprint density at radius 1 is 0.889 bits per heavy atom. The maximum absolute atomic E-state index is 13.1. The summed E-state index contributed by atoms with van der Waals surface area (Å²) in [6.45, 7) is 5.19. The number of alkyl halides is 5. The lowest BCUT2D eigenvalue weighted by molar-refractivity contribution is -0.137. The Morgan fingerprint density at radius 2 is 1.56 bits per heavy atom. The average molecular weight is 1060 g/mol. The smallest absolute Gasteiger partial charge is 0.416 e. The Kier molecular flexibility index (Phi) is 20.4. The number of carbonyl (C=O) groups excluding carboxylic acids is 2. The normalized spacial score (nSPS) is 13.0. The molecule has 1 unspecified atom stereocenters. The van der Waals surface area contributed by atoms with E-state index in [-0.39, 0.29) is 35.6 Å². The van der Waals surface area contributed by atoms with Gasteiger partial charge in [0.25, 0.3) is 12.3 Å². The van der Waals surface area contributed by atoms with Gasteiger partial charge in [-0.25, -0.2) is 28.6 Å². The second-order valence-electron chi connectivity index (χ2n) is 15.9. The number of halogens is 8. The Bertz CT molecular complexity index is 2840. The molecule has 2 aromatic heterocycles. The summed E-state index contributed by atoms with van der Waals surface area (Å²) in [7, 11) is 5.24. The molecule has 0 aliphatic heterocycles. The van der Waals surface area contributed by atoms with Crippen LogP contribution in [-0.2, 0) is 50.3 Å². The van der Waals surface area contributed by atoms with Gasteiger partial charge in [0.05, 0.1) is 37.1 Å². The standard InChI is InChI=1S/C20H19F3N2O4.C16H16Cl3F2N3O2.C14H15N3/c1-13(14-8-6-9-16(11-14)20(21,22)23)24-29-12-15-7-4-5-10-17(15)18(25-28-3)19(26)27-2;1-8(4-10-12(18)5-9(17)6-13(10)19)24(26-3)16(25)11-7-23(2)22-14(11)15(20)21;1-10-9-13(11-7-8-11)17-14(15-10)16-12-5-3-2-4-6-12/h4-11H,12H2,1-3H3;5-8,15H,4H2,1-3H3;2-6,9,11H,7-8H2,1H3,(H,15,16,17)/b24-13+,25-18+;;. The fraction of sp³-hybridized carbons (Fsp3) is 0.300. The molecule has 0 saturated heterocycles. The van der Waals surface area contributed by atoms with Gasteiger partial charge >= 0.3 is 12.1 Å². The van der Waals surface area contributed by atoms with E-state index in [9.17, 15) is 31.5 Å². The van der Waals surface area contributed by atoms with Crippen molar-refractivity contribution in [2.45, 2.75) is 71.2 Å². The summed E-state index contributed by atoms with van der Waals surface area (Å²) in [5, 5.41) is 16.5. The number of aromatic nitrogens is 4. The molecule has 1 N–H and O–H groups in total. The van der Waals surface area contributed by atoms with E-state index in [1.165, 1.54) is 84.3 Å². The van der Waals surface area contributed by atoms with Crippen LogP contribution in [0.1, 0.15) is 94.3 Å². The summed E-state index contributed by atoms with van der Waals surface area (Å²) < 4.78 is 70.7. The SMILES string of the molecule is CO/N=C(/C(=O)OC)c1ccccc1CO/N=C(\C)c1cccc(C(F)(F)F)c1.CON(C(=O)c1cn(C)nc1C(F)F)C(C)Cc1c(Cl)cc(Cl)cc1Cl.Cc1cc(C2CC2)nc(Nc2ccccc2)n1. The van der Waals surface area contributed by atoms with E-state index >= 15 is 0 Å². The number of rotatable bonds is 16. The maximum Gasteiger partial charge on any atom is 0.416 e. The van der Waals surface area contributed by atoms with Crippen LogP contribution < -0.4 is 5.32 Å². The predicted molar refractivity (Wildman–Crippen MR) is 265 cm³/mol. The van der Waals surface area contributed by atoms with Gasteiger partial charge in [-0.15, -0.1) is 0 Å². The van der Waals surface area contributed by atoms with Crippen LogP contribution in [-0.4, -0.2) is 75.5 Å². The summed E-state index contributed by atoms with van der Waals surface area (Å²) >= 11 is 18.2. The minimum Gasteiger partial charge on any atom is -0.464 e. The molecule has 0 bridgehead atoms. The van der Waals surface area contributed by atoms with Crippen molar-refractivity contribution in [3.05, 3.63) is 169 Å². The van der Waals surface area contributed by atoms with Crippen LogP contribution in [0, 0.1) is 6.92 Å². The molecule has 1 fully saturated rings. The second-order valence-corrected chi connectivity index (χ2v) is 17.2. The van der Waals surface area contributed by atoms with E-state index in [0.29, 0.717) is 43.6 Å². The number of para-hydroxylation sites is 1. The second kappa shape index (κ2) is 26.1. The summed E-state index contributed by atoms with van der Waals surface area (Å²) in [6, 6.07) is 26.2. The highest BCUT2D eigenvalue weighted by Gasteiger charge is 2.32. The highest BCUT2D eigenvalue weighted by atomic mass is 35.5. The molecule has 382 valence electrons. The van der Waals surface area contributed by atoms with Crippen molar-refractivity contribution >= 4 is 69.7 Å². The maximum atomic E-state index is 13.1. The molecule has 2 heterocycles. The molecule has 7 rings (SSSR count). The highest BCUT2D eigenvalue weighted by molar-refractivity contribution is 6.43. The molecule has 4 aromatic carbocycles. The number of oxime groups is 2. The number of hydroxylamine groups is 2. The van der Waals surface area contributed by atoms with Crippen molar-refractivity contribution in [3.63, 3.8) is 0 Å². The summed E-state index contributed by atoms with van der Waals surface area (Å²) in [5.41, 5.74) is 3.69. The zero-order valence-electron chi connectivity index (χ0n) is 40.0. The third-order valence-corrected chi connectivity index (χ3v) is 11.4. The van der Waals surface area contributed by atoms with E-state index in [4.69, 9.17) is 54.1 Å². The Labute approximate surface area is 427 Å². The Balaban J connectivity index is 0.000000206. The van der Waals surface area contributed by atoms with Crippen molar-refractivity contribution < 1.29 is 50.8 Å². The van der Waals surface area contributed by atoms with E-state index in [2.05, 4.69) is 36.8 Å². The molecule has 1 atom stereocenters. The number of methoxy groups -OCH3 is 1. The van der Waals surface area contributed by atoms with Crippen LogP contribution in [0.5, 0.6) is 0 Å². The number of benzene rings is 4. The van der Waals surface area contributed by atoms with Crippen LogP contribution in [0.4, 0.5) is 33.6 Å². The largest absolute Gasteiger partial charge is 0.464 e. The highest BCUT2D eigenvalue weighted by Crippen LogP contribution is 2.39. The van der Waals surface area contributed by atoms with Crippen LogP contribution in [0.15, 0.2) is 114 Å². The number of carbonyl (C=O) groups is 2. The summed E-state index contributed by atoms with van der Waals surface area (Å²) in [4.78, 5) is 48.8. The Hall–Kier alpha value is -6.67. The molecule has 0 radical (unpaired) electrons. The number of esters is 1. The van der Waals surface area contributed by atoms with Crippen molar-refractivity contribution in [1.29, 1.82) is 0 Å². The molecular formula is C50H50Cl3F5N8O6. The molecule has 14 nitrogen and oxygen atoms in total. The molecular weight excluding hydrogens is 1010 g/mol. The van der Waals surface area contributed by atoms with Crippen molar-refractivity contribution in [3.8, 4) is 0 Å². The van der Waals surface area contributed by atoms with Gasteiger partial charge in [0.15, 0.2) is 5.71 Å². The van der Waals surface area contributed by atoms with E-state index in [1.807, 2.05) is 37.3 Å². The molecule has 0 spiro atoms. The number of aryl methyl sites for hydroxylation is 2. The number of nitrogens with one attached hydrogen (secondary N) is 1. The molecule has 6 aromatic rings. The quantitative estimate of drug-likeness (QED) is 0.0429. The number of anilines is 2. The van der Waals surface area contributed by atoms with Gasteiger partial charge in [-0.2, -0.15) is 18.3 Å². The van der Waals surface area contributed by atoms with E-state index in [1.54, 1.807) is 31.2 Å². The first-order chi connectivity index (χ1) is 34.2. The van der Waals surface area contributed by atoms with Gasteiger partial charge < -0.3 is 19.7 Å². The predicted octanol–water partition coefficient (Wildman–Crippen LogP) is 12.5. The molecule has 22 heteroatoms. The minimum absolute atomic E-state index is 0.0484. The van der Waals surface area contributed by atoms with Gasteiger partial charge in [-0.05, 0) is 93.6 Å². The fourth-order valence-corrected chi connectivity index (χ4v) is 7.85. The van der Waals surface area contributed by atoms with Gasteiger partial charge in [-0.3, -0.25) is 14.3 Å². The lowest BCUT2D eigenvalue weighted by Gasteiger charge is -2.27. The van der Waals surface area contributed by atoms with E-state index < -0.39 is 41.8 Å². The monoisotopic (exact) mass is 1060 g/mol. The number of hydrogen-bond donors (Lipinski definition) is 1. The molecule has 1 amide bonds. The molecule has 1 aliphatic rings. The zero-order chi connectivity index (χ0) is 52.7. The number of ether oxygens (including phenoxy) is 1. The molecule has 1 saturated carbocycles. The first-order valence-electron chi connectivity index (χ1n) is 21.9. The average Bonchev–Trinajstić information content (AvgIpc) is 4.12. The lowest BCUT2D eigenvalue weighted by atomic mass is 10.0. The molecule has 72 heavy (non-hydrogen) atoms. The fourth-order valence-electron chi connectivity index (χ4n) is 6.88. The topological polar surface area (TPSA) is 155 Å². The van der Waals surface area contributed by atoms with Crippen LogP contribution in [0.3, 0.4) is 0 Å². The molecule has 1 aliphatic carbocycles. The van der Waals surface area contributed by atoms with Crippen molar-refractivity contribution in [2.24, 2.45) is 17.4 Å². The van der Waals surface area contributed by atoms with Gasteiger partial charge in [0.2, 0.25) is 5.95 Å². The number of hydrogen-bond acceptors (Lipinski definition) is 12. The lowest BCUT2D eigenvalue weighted by Crippen LogP contribution is -2.39. The summed E-state index contributed by atoms with van der Waals surface area (Å²) in [6.07, 6.45) is -3.34. The van der Waals surface area contributed by atoms with Gasteiger partial charge in [0.1, 0.15) is 19.4 Å². The van der Waals surface area contributed by atoms with Crippen molar-refractivity contribution in [1.82, 2.24) is 24.8 Å². The number of nitrogens with zero attached hydrogens (tertiary/aromatic N) is 7. The van der Waals surface area contributed by atoms with Crippen molar-refractivity contribution in [2.75, 3.05) is 26.6 Å². The third kappa shape index (κ3) is 15.9. The summed E-state index contributed by atoms with van der Waals surface area (Å²) in [5.74, 6) is -0.0568. The van der Waals surface area contributed by atoms with Crippen LogP contribution >= 0.6 is 34.8 Å². The Morgan fingerprint density at radius 3 is 2.17 bits per heavy atom. The van der Waals surface area contributed by atoms with Crippen LogP contribution in [0.2, 0.25) is 15.1 Å². The van der Waals surface area contributed by atoms with Gasteiger partial charge in [0, 0.05) is 62.4 Å². The zero-order valence-corrected chi connectivity index (χ0v) is 42.2. The van der Waals surface area contributed by atoms with Crippen LogP contribution in [0.25, 0.3) is 0 Å². The first kappa shape index (κ1) is 56.2. The minimum atomic E-state index is -4.44. The first-order valence-corrected chi connectivity index (χ1v) is 23.0. The number of amides is 1. The van der Waals surface area contributed by atoms with E-state index in [0.717, 1.165) is 33.3 Å². The third-order valence-electron chi connectivity index (χ3n) is 10.5.